The van der Waals surface area contributed by atoms with Crippen LogP contribution in [0.2, 0.25) is 0 Å². The molecule has 0 bridgehead atoms. The first kappa shape index (κ1) is 11.1. The molecule has 0 radical (unpaired) electrons. The molecule has 0 spiro atoms. The number of halogens is 1. The Morgan fingerprint density at radius 3 is 2.80 bits per heavy atom. The number of fused-ring (bicyclic) bond motifs is 1. The van der Waals surface area contributed by atoms with Gasteiger partial charge in [0.1, 0.15) is 0 Å². The average Bonchev–Trinajstić information content (AvgIpc) is 2.27. The molecule has 2 rings (SSSR count). The second kappa shape index (κ2) is 4.61. The van der Waals surface area contributed by atoms with Crippen LogP contribution in [0.15, 0.2) is 40.9 Å². The van der Waals surface area contributed by atoms with Gasteiger partial charge in [-0.2, -0.15) is 0 Å². The van der Waals surface area contributed by atoms with Crippen LogP contribution in [0.4, 0.5) is 0 Å². The van der Waals surface area contributed by atoms with Crippen LogP contribution in [-0.4, -0.2) is 32.2 Å². The normalized spacial score (nSPS) is 10.1. The average molecular weight is 454 g/mol. The van der Waals surface area contributed by atoms with E-state index >= 15 is 0 Å². The fraction of sp³-hybridized carbons (Fsp3) is 0. The van der Waals surface area contributed by atoms with E-state index in [1.54, 1.807) is 6.07 Å². The Kier molecular flexibility index (Phi) is 3.40. The molecular formula is C11H6BrO2Tl. The third kappa shape index (κ3) is 2.23. The zero-order valence-corrected chi connectivity index (χ0v) is 13.8. The van der Waals surface area contributed by atoms with Gasteiger partial charge >= 0.3 is 113 Å². The van der Waals surface area contributed by atoms with E-state index in [0.29, 0.717) is 5.56 Å². The molecule has 0 saturated heterocycles. The Balaban J connectivity index is 2.74. The van der Waals surface area contributed by atoms with Gasteiger partial charge in [-0.05, 0) is 0 Å². The van der Waals surface area contributed by atoms with Crippen LogP contribution < -0.4 is 0 Å². The molecule has 0 N–H and O–H groups in total. The molecule has 0 saturated carbocycles. The quantitative estimate of drug-likeness (QED) is 0.620. The van der Waals surface area contributed by atoms with Crippen LogP contribution in [0.5, 0.6) is 0 Å². The zero-order chi connectivity index (χ0) is 10.8. The van der Waals surface area contributed by atoms with E-state index in [4.69, 9.17) is 2.69 Å². The Morgan fingerprint density at radius 2 is 2.07 bits per heavy atom. The molecule has 0 aliphatic rings. The monoisotopic (exact) mass is 454 g/mol. The molecule has 72 valence electrons. The SMILES string of the molecule is O=C([O][Tl])c1cccc2ccc(Br)cc12. The molecule has 0 heterocycles. The number of benzene rings is 2. The Morgan fingerprint density at radius 1 is 1.27 bits per heavy atom. The summed E-state index contributed by atoms with van der Waals surface area (Å²) in [7, 11) is 0. The van der Waals surface area contributed by atoms with E-state index < -0.39 is 0 Å². The van der Waals surface area contributed by atoms with E-state index in [1.165, 1.54) is 0 Å². The molecule has 0 fully saturated rings. The first-order valence-corrected chi connectivity index (χ1v) is 6.94. The van der Waals surface area contributed by atoms with Crippen LogP contribution in [0.25, 0.3) is 10.8 Å². The first-order valence-electron chi connectivity index (χ1n) is 4.31. The molecular weight excluding hydrogens is 448 g/mol. The zero-order valence-electron chi connectivity index (χ0n) is 7.74. The van der Waals surface area contributed by atoms with Crippen LogP contribution in [-0.2, 0) is 2.69 Å². The predicted octanol–water partition coefficient (Wildman–Crippen LogP) is 2.84. The molecule has 0 unspecified atom stereocenters. The van der Waals surface area contributed by atoms with Crippen molar-refractivity contribution in [1.82, 2.24) is 0 Å². The summed E-state index contributed by atoms with van der Waals surface area (Å²) in [5, 5.41) is 1.98. The number of carbonyl (C=O) groups is 1. The predicted molar refractivity (Wildman–Crippen MR) is 62.8 cm³/mol. The van der Waals surface area contributed by atoms with E-state index in [2.05, 4.69) is 15.9 Å². The molecule has 2 aromatic carbocycles. The third-order valence-corrected chi connectivity index (χ3v) is 3.50. The van der Waals surface area contributed by atoms with Crippen molar-refractivity contribution in [3.8, 4) is 0 Å². The molecule has 4 heteroatoms. The van der Waals surface area contributed by atoms with Crippen LogP contribution in [0.3, 0.4) is 0 Å². The van der Waals surface area contributed by atoms with E-state index in [0.717, 1.165) is 15.2 Å². The van der Waals surface area contributed by atoms with Crippen molar-refractivity contribution < 1.29 is 7.48 Å². The van der Waals surface area contributed by atoms with Gasteiger partial charge in [0, 0.05) is 0 Å². The Bertz CT molecular complexity index is 525. The van der Waals surface area contributed by atoms with Crippen molar-refractivity contribution in [2.75, 3.05) is 0 Å². The molecule has 0 amide bonds. The minimum atomic E-state index is -0.233. The van der Waals surface area contributed by atoms with Gasteiger partial charge in [-0.1, -0.05) is 0 Å². The van der Waals surface area contributed by atoms with Crippen molar-refractivity contribution in [3.05, 3.63) is 46.4 Å². The molecule has 0 atom stereocenters. The van der Waals surface area contributed by atoms with Gasteiger partial charge in [0.05, 0.1) is 0 Å². The van der Waals surface area contributed by atoms with Crippen molar-refractivity contribution in [2.45, 2.75) is 0 Å². The van der Waals surface area contributed by atoms with Crippen LogP contribution >= 0.6 is 15.9 Å². The van der Waals surface area contributed by atoms with Gasteiger partial charge in [-0.25, -0.2) is 0 Å². The summed E-state index contributed by atoms with van der Waals surface area (Å²) in [6, 6.07) is 11.5. The van der Waals surface area contributed by atoms with Gasteiger partial charge in [-0.3, -0.25) is 0 Å². The maximum absolute atomic E-state index is 11.5. The van der Waals surface area contributed by atoms with E-state index in [-0.39, 0.29) is 32.2 Å². The molecule has 2 aromatic rings. The fourth-order valence-corrected chi connectivity index (χ4v) is 2.34. The van der Waals surface area contributed by atoms with Gasteiger partial charge in [0.2, 0.25) is 0 Å². The number of carbonyl (C=O) groups excluding carboxylic acids is 1. The van der Waals surface area contributed by atoms with Crippen molar-refractivity contribution in [2.24, 2.45) is 0 Å². The number of hydrogen-bond acceptors (Lipinski definition) is 2. The summed E-state index contributed by atoms with van der Waals surface area (Å²) in [6.07, 6.45) is 0. The second-order valence-corrected chi connectivity index (χ2v) is 4.91. The van der Waals surface area contributed by atoms with Crippen molar-refractivity contribution in [1.29, 1.82) is 0 Å². The van der Waals surface area contributed by atoms with Gasteiger partial charge in [-0.15, -0.1) is 0 Å². The Hall–Kier alpha value is -0.428. The molecule has 0 aliphatic carbocycles. The third-order valence-electron chi connectivity index (χ3n) is 2.17. The summed E-state index contributed by atoms with van der Waals surface area (Å²) < 4.78 is 5.86. The van der Waals surface area contributed by atoms with Crippen molar-refractivity contribution in [3.63, 3.8) is 0 Å². The fourth-order valence-electron chi connectivity index (χ4n) is 1.49. The maximum atomic E-state index is 11.5. The van der Waals surface area contributed by atoms with Crippen molar-refractivity contribution >= 4 is 58.9 Å². The second-order valence-electron chi connectivity index (χ2n) is 3.08. The summed E-state index contributed by atoms with van der Waals surface area (Å²) >= 11 is 3.62. The first-order chi connectivity index (χ1) is 7.22. The number of rotatable bonds is 1. The standard InChI is InChI=1S/C11H7BrO2.Tl/c12-8-5-4-7-2-1-3-9(11(13)14)10(7)6-8;/h1-6H,(H,13,14);/q;+1/p-1. The van der Waals surface area contributed by atoms with E-state index in [9.17, 15) is 4.79 Å². The summed E-state index contributed by atoms with van der Waals surface area (Å²) in [5.41, 5.74) is 0.635. The van der Waals surface area contributed by atoms with Crippen LogP contribution in [0.1, 0.15) is 10.4 Å². The molecule has 15 heavy (non-hydrogen) atoms. The van der Waals surface area contributed by atoms with Gasteiger partial charge in [0.25, 0.3) is 0 Å². The number of hydrogen-bond donors (Lipinski definition) is 0. The summed E-state index contributed by atoms with van der Waals surface area (Å²) in [5.74, 6) is -0.233. The Labute approximate surface area is 112 Å². The minimum absolute atomic E-state index is 0.227. The molecule has 0 aliphatic heterocycles. The molecule has 2 nitrogen and oxygen atoms in total. The van der Waals surface area contributed by atoms with Gasteiger partial charge in [0.15, 0.2) is 0 Å². The summed E-state index contributed by atoms with van der Waals surface area (Å²) in [6.45, 7) is 0. The summed E-state index contributed by atoms with van der Waals surface area (Å²) in [4.78, 5) is 11.5. The topological polar surface area (TPSA) is 26.3 Å². The van der Waals surface area contributed by atoms with Crippen LogP contribution in [0, 0.1) is 0 Å². The van der Waals surface area contributed by atoms with Gasteiger partial charge < -0.3 is 0 Å². The molecule has 0 aromatic heterocycles. The van der Waals surface area contributed by atoms with E-state index in [1.807, 2.05) is 30.3 Å².